The molecular formula is C33H51NO3. The summed E-state index contributed by atoms with van der Waals surface area (Å²) in [5, 5.41) is 10.4. The topological polar surface area (TPSA) is 57.6 Å². The predicted octanol–water partition coefficient (Wildman–Crippen LogP) is 7.31. The minimum atomic E-state index is -0.507. The Kier molecular flexibility index (Phi) is 5.24. The molecule has 4 unspecified atom stereocenters. The lowest BCUT2D eigenvalue weighted by atomic mass is 9.31. The third-order valence-electron chi connectivity index (χ3n) is 13.9. The van der Waals surface area contributed by atoms with Gasteiger partial charge in [0.2, 0.25) is 5.91 Å². The number of aliphatic carboxylic acids is 1. The highest BCUT2D eigenvalue weighted by molar-refractivity contribution is 5.83. The van der Waals surface area contributed by atoms with E-state index in [-0.39, 0.29) is 16.2 Å². The third kappa shape index (κ3) is 3.51. The van der Waals surface area contributed by atoms with Crippen LogP contribution < -0.4 is 0 Å². The molecule has 9 rings (SSSR count). The van der Waals surface area contributed by atoms with E-state index in [4.69, 9.17) is 0 Å². The van der Waals surface area contributed by atoms with Crippen LogP contribution in [-0.4, -0.2) is 35.0 Å². The number of nitrogens with zero attached hydrogens (tertiary/aromatic N) is 1. The molecule has 0 saturated heterocycles. The summed E-state index contributed by atoms with van der Waals surface area (Å²) in [6.07, 6.45) is 18.5. The van der Waals surface area contributed by atoms with E-state index in [1.54, 1.807) is 0 Å². The smallest absolute Gasteiger partial charge is 0.309 e. The molecule has 4 atom stereocenters. The summed E-state index contributed by atoms with van der Waals surface area (Å²) in [7, 11) is 2.14. The molecule has 9 aliphatic carbocycles. The van der Waals surface area contributed by atoms with Crippen LogP contribution in [0, 0.1) is 56.7 Å². The summed E-state index contributed by atoms with van der Waals surface area (Å²) < 4.78 is 0. The summed E-state index contributed by atoms with van der Waals surface area (Å²) >= 11 is 0. The van der Waals surface area contributed by atoms with Crippen LogP contribution in [0.5, 0.6) is 0 Å². The number of hydrogen-bond acceptors (Lipinski definition) is 2. The zero-order valence-corrected chi connectivity index (χ0v) is 24.0. The second-order valence-corrected chi connectivity index (χ2v) is 17.1. The van der Waals surface area contributed by atoms with Crippen molar-refractivity contribution in [1.29, 1.82) is 0 Å². The maximum Gasteiger partial charge on any atom is 0.309 e. The summed E-state index contributed by atoms with van der Waals surface area (Å²) in [4.78, 5) is 29.5. The van der Waals surface area contributed by atoms with Gasteiger partial charge < -0.3 is 10.0 Å². The van der Waals surface area contributed by atoms with Crippen molar-refractivity contribution in [3.05, 3.63) is 0 Å². The Hall–Kier alpha value is -1.06. The van der Waals surface area contributed by atoms with Gasteiger partial charge in [0.25, 0.3) is 0 Å². The Labute approximate surface area is 224 Å². The first-order chi connectivity index (χ1) is 17.4. The molecule has 4 heteroatoms. The molecular weight excluding hydrogens is 458 g/mol. The quantitative estimate of drug-likeness (QED) is 0.432. The van der Waals surface area contributed by atoms with Crippen molar-refractivity contribution in [3.8, 4) is 0 Å². The van der Waals surface area contributed by atoms with Crippen LogP contribution in [0.2, 0.25) is 0 Å². The fraction of sp³-hybridized carbons (Fsp3) is 0.939. The lowest BCUT2D eigenvalue weighted by Crippen LogP contribution is -2.67. The average molecular weight is 510 g/mol. The van der Waals surface area contributed by atoms with Crippen LogP contribution in [0.4, 0.5) is 0 Å². The van der Waals surface area contributed by atoms with Gasteiger partial charge in [-0.1, -0.05) is 20.8 Å². The van der Waals surface area contributed by atoms with Crippen LogP contribution in [0.3, 0.4) is 0 Å². The van der Waals surface area contributed by atoms with E-state index < -0.39 is 11.4 Å². The number of carboxylic acids is 1. The van der Waals surface area contributed by atoms with Gasteiger partial charge in [-0.2, -0.15) is 0 Å². The van der Waals surface area contributed by atoms with Crippen molar-refractivity contribution in [2.24, 2.45) is 56.7 Å². The zero-order chi connectivity index (χ0) is 26.0. The second kappa shape index (κ2) is 7.78. The Balaban J connectivity index is 1.17. The third-order valence-corrected chi connectivity index (χ3v) is 13.9. The molecule has 0 spiro atoms. The molecule has 1 N–H and O–H groups in total. The molecule has 9 aliphatic rings. The van der Waals surface area contributed by atoms with E-state index >= 15 is 0 Å². The highest BCUT2D eigenvalue weighted by atomic mass is 16.4. The minimum absolute atomic E-state index is 0.167. The van der Waals surface area contributed by atoms with E-state index in [0.717, 1.165) is 57.3 Å². The molecule has 0 aromatic heterocycles. The van der Waals surface area contributed by atoms with Gasteiger partial charge in [0.1, 0.15) is 0 Å². The van der Waals surface area contributed by atoms with Crippen molar-refractivity contribution >= 4 is 11.9 Å². The summed E-state index contributed by atoms with van der Waals surface area (Å²) in [5.74, 6) is 3.33. The number of rotatable bonds is 4. The van der Waals surface area contributed by atoms with E-state index in [9.17, 15) is 14.7 Å². The van der Waals surface area contributed by atoms with Gasteiger partial charge in [0.05, 0.1) is 10.8 Å². The first kappa shape index (κ1) is 24.9. The molecule has 8 bridgehead atoms. The number of carboxylic acid groups (broad SMARTS) is 1. The monoisotopic (exact) mass is 509 g/mol. The molecule has 1 amide bonds. The van der Waals surface area contributed by atoms with Gasteiger partial charge in [-0.15, -0.1) is 0 Å². The van der Waals surface area contributed by atoms with Crippen LogP contribution in [0.1, 0.15) is 124 Å². The minimum Gasteiger partial charge on any atom is -0.481 e. The van der Waals surface area contributed by atoms with Crippen molar-refractivity contribution in [3.63, 3.8) is 0 Å². The van der Waals surface area contributed by atoms with Gasteiger partial charge in [0, 0.05) is 13.1 Å². The molecule has 9 fully saturated rings. The maximum absolute atomic E-state index is 14.5. The highest BCUT2D eigenvalue weighted by Crippen LogP contribution is 2.78. The van der Waals surface area contributed by atoms with Crippen molar-refractivity contribution in [1.82, 2.24) is 4.90 Å². The fourth-order valence-electron chi connectivity index (χ4n) is 13.1. The van der Waals surface area contributed by atoms with Gasteiger partial charge in [-0.25, -0.2) is 0 Å². The second-order valence-electron chi connectivity index (χ2n) is 17.1. The van der Waals surface area contributed by atoms with E-state index in [2.05, 4.69) is 32.7 Å². The molecule has 0 aliphatic heterocycles. The zero-order valence-electron chi connectivity index (χ0n) is 24.0. The number of hydrogen-bond donors (Lipinski definition) is 1. The molecule has 206 valence electrons. The molecule has 0 aromatic rings. The number of carbonyl (C=O) groups is 2. The van der Waals surface area contributed by atoms with Crippen molar-refractivity contribution < 1.29 is 14.7 Å². The fourth-order valence-corrected chi connectivity index (χ4v) is 13.1. The SMILES string of the molecule is CN(C(=O)C12CC3CC(C1)CC(C14CC5CC(CC(C(=O)O)(C5)C1)C4)(C3)C2)C1CCC(C(C)(C)C)CC1. The summed E-state index contributed by atoms with van der Waals surface area (Å²) in [5.41, 5.74) is 0.134. The molecule has 37 heavy (non-hydrogen) atoms. The normalized spacial score (nSPS) is 51.9. The molecule has 0 radical (unpaired) electrons. The Morgan fingerprint density at radius 2 is 1.14 bits per heavy atom. The first-order valence-corrected chi connectivity index (χ1v) is 15.9. The lowest BCUT2D eigenvalue weighted by molar-refractivity contribution is -0.241. The van der Waals surface area contributed by atoms with Crippen LogP contribution in [-0.2, 0) is 9.59 Å². The van der Waals surface area contributed by atoms with Gasteiger partial charge in [-0.05, 0) is 149 Å². The Morgan fingerprint density at radius 3 is 1.57 bits per heavy atom. The molecule has 0 aromatic carbocycles. The molecule has 9 saturated carbocycles. The van der Waals surface area contributed by atoms with Crippen molar-refractivity contribution in [2.45, 2.75) is 130 Å². The van der Waals surface area contributed by atoms with E-state index in [0.29, 0.717) is 41.0 Å². The van der Waals surface area contributed by atoms with Crippen molar-refractivity contribution in [2.75, 3.05) is 7.05 Å². The largest absolute Gasteiger partial charge is 0.481 e. The standard InChI is InChI=1S/C33H51NO3/c1-29(2,3)25-5-7-26(8-6-25)34(4)27(35)30-11-21-9-22(12-30)16-32(15-21,19-30)33-17-23-10-24(18-33)14-31(13-23,20-33)28(36)37/h21-26H,5-20H2,1-4H3,(H,36,37). The van der Waals surface area contributed by atoms with E-state index in [1.807, 2.05) is 0 Å². The predicted molar refractivity (Wildman–Crippen MR) is 145 cm³/mol. The Bertz CT molecular complexity index is 956. The van der Waals surface area contributed by atoms with Gasteiger partial charge >= 0.3 is 5.97 Å². The molecule has 4 nitrogen and oxygen atoms in total. The molecule has 0 heterocycles. The average Bonchev–Trinajstić information content (AvgIpc) is 2.81. The Morgan fingerprint density at radius 1 is 0.703 bits per heavy atom. The van der Waals surface area contributed by atoms with E-state index in [1.165, 1.54) is 51.4 Å². The van der Waals surface area contributed by atoms with Crippen LogP contribution in [0.15, 0.2) is 0 Å². The van der Waals surface area contributed by atoms with Crippen LogP contribution >= 0.6 is 0 Å². The lowest BCUT2D eigenvalue weighted by Gasteiger charge is -2.73. The summed E-state index contributed by atoms with van der Waals surface area (Å²) in [6.45, 7) is 7.13. The number of amides is 1. The van der Waals surface area contributed by atoms with Gasteiger partial charge in [-0.3, -0.25) is 9.59 Å². The maximum atomic E-state index is 14.5. The highest BCUT2D eigenvalue weighted by Gasteiger charge is 2.72. The summed E-state index contributed by atoms with van der Waals surface area (Å²) in [6, 6.07) is 0.407. The first-order valence-electron chi connectivity index (χ1n) is 15.9. The van der Waals surface area contributed by atoms with Crippen LogP contribution in [0.25, 0.3) is 0 Å². The van der Waals surface area contributed by atoms with Gasteiger partial charge in [0.15, 0.2) is 0 Å². The number of carbonyl (C=O) groups excluding carboxylic acids is 1.